The van der Waals surface area contributed by atoms with Crippen LogP contribution in [0.1, 0.15) is 5.56 Å². The van der Waals surface area contributed by atoms with Crippen LogP contribution in [0.2, 0.25) is 0 Å². The van der Waals surface area contributed by atoms with Crippen LogP contribution in [0, 0.1) is 11.5 Å². The minimum absolute atomic E-state index is 1.06. The van der Waals surface area contributed by atoms with Gasteiger partial charge in [0.15, 0.2) is 0 Å². The van der Waals surface area contributed by atoms with Gasteiger partial charge in [-0.05, 0) is 94.4 Å². The van der Waals surface area contributed by atoms with Gasteiger partial charge in [-0.25, -0.2) is 0 Å². The summed E-state index contributed by atoms with van der Waals surface area (Å²) in [7, 11) is -3.08. The van der Waals surface area contributed by atoms with E-state index in [-0.39, 0.29) is 0 Å². The molecule has 0 aliphatic heterocycles. The topological polar surface area (TPSA) is 4.93 Å². The molecule has 0 bridgehead atoms. The average molecular weight is 828 g/mol. The maximum atomic E-state index is 4.23. The smallest absolute Gasteiger partial charge is 0.230 e. The van der Waals surface area contributed by atoms with Crippen molar-refractivity contribution >= 4 is 77.8 Å². The lowest BCUT2D eigenvalue weighted by Crippen LogP contribution is -2.66. The van der Waals surface area contributed by atoms with Crippen LogP contribution in [-0.2, 0) is 0 Å². The number of aromatic nitrogens is 1. The molecule has 12 aromatic rings. The van der Waals surface area contributed by atoms with Crippen molar-refractivity contribution in [2.45, 2.75) is 0 Å². The first-order chi connectivity index (χ1) is 31.8. The molecule has 1 heterocycles. The van der Waals surface area contributed by atoms with E-state index in [1.54, 1.807) is 0 Å². The first kappa shape index (κ1) is 37.5. The van der Waals surface area contributed by atoms with E-state index in [0.29, 0.717) is 0 Å². The third-order valence-corrected chi connectivity index (χ3v) is 17.2. The van der Waals surface area contributed by atoms with Crippen LogP contribution >= 0.6 is 0 Å². The van der Waals surface area contributed by atoms with Crippen molar-refractivity contribution in [1.29, 1.82) is 0 Å². The number of hydrogen-bond donors (Lipinski definition) is 0. The largest absolute Gasteiger partial charge is 0.309 e. The van der Waals surface area contributed by atoms with Crippen molar-refractivity contribution in [3.8, 4) is 39.4 Å². The maximum absolute atomic E-state index is 4.23. The summed E-state index contributed by atoms with van der Waals surface area (Å²) < 4.78 is 2.40. The molecule has 1 nitrogen and oxygen atoms in total. The summed E-state index contributed by atoms with van der Waals surface area (Å²) in [5.74, 6) is 4.04. The fourth-order valence-corrected chi connectivity index (χ4v) is 14.1. The van der Waals surface area contributed by atoms with E-state index in [0.717, 1.165) is 22.0 Å². The van der Waals surface area contributed by atoms with Crippen LogP contribution in [0.4, 0.5) is 0 Å². The number of rotatable bonds is 6. The fourth-order valence-electron chi connectivity index (χ4n) is 10.3. The standard InChI is InChI=1S/C62H41NSi/c1-5-21-44(22-6-1)49-38-39-58(51-30-14-13-29-50(49)51)62-56-34-17-15-31-52(56)54(53-32-16-18-35-57(53)62)41-42-64(46-25-9-3-10-26-46,47-27-11-4-12-28-47)48-37-40-61-59(43-48)55-33-19-20-36-60(55)63(61)45-23-7-2-8-24-45/h1-40,43H. The van der Waals surface area contributed by atoms with Crippen molar-refractivity contribution in [1.82, 2.24) is 4.57 Å². The highest BCUT2D eigenvalue weighted by Gasteiger charge is 2.39. The molecule has 0 atom stereocenters. The van der Waals surface area contributed by atoms with Gasteiger partial charge in [0.1, 0.15) is 0 Å². The van der Waals surface area contributed by atoms with Gasteiger partial charge in [-0.2, -0.15) is 0 Å². The Balaban J connectivity index is 1.14. The maximum Gasteiger partial charge on any atom is 0.230 e. The highest BCUT2D eigenvalue weighted by molar-refractivity contribution is 7.17. The van der Waals surface area contributed by atoms with E-state index in [9.17, 15) is 0 Å². The SMILES string of the molecule is C(#C[Si](c1ccccc1)(c1ccccc1)c1ccc2c(c1)c1ccccc1n2-c1ccccc1)c1c2ccccc2c(-c2ccc(-c3ccccc3)c3ccccc23)c2ccccc12. The first-order valence-corrected chi connectivity index (χ1v) is 24.0. The van der Waals surface area contributed by atoms with Gasteiger partial charge in [0.25, 0.3) is 0 Å². The van der Waals surface area contributed by atoms with E-state index in [1.165, 1.54) is 81.2 Å². The molecule has 0 saturated carbocycles. The minimum atomic E-state index is -3.08. The van der Waals surface area contributed by atoms with Crippen LogP contribution in [-0.4, -0.2) is 12.6 Å². The predicted molar refractivity (Wildman–Crippen MR) is 275 cm³/mol. The molecule has 64 heavy (non-hydrogen) atoms. The summed E-state index contributed by atoms with van der Waals surface area (Å²) in [6, 6.07) is 90.8. The van der Waals surface area contributed by atoms with Crippen molar-refractivity contribution in [3.63, 3.8) is 0 Å². The molecule has 0 fully saturated rings. The monoisotopic (exact) mass is 827 g/mol. The van der Waals surface area contributed by atoms with Crippen LogP contribution in [0.15, 0.2) is 249 Å². The highest BCUT2D eigenvalue weighted by Crippen LogP contribution is 2.43. The van der Waals surface area contributed by atoms with Crippen molar-refractivity contribution in [3.05, 3.63) is 254 Å². The zero-order valence-electron chi connectivity index (χ0n) is 35.1. The lowest BCUT2D eigenvalue weighted by atomic mass is 9.85. The normalized spacial score (nSPS) is 11.6. The van der Waals surface area contributed by atoms with Gasteiger partial charge in [0.2, 0.25) is 8.07 Å². The molecule has 0 spiro atoms. The predicted octanol–water partition coefficient (Wildman–Crippen LogP) is 13.6. The summed E-state index contributed by atoms with van der Waals surface area (Å²) in [5.41, 5.74) is 13.7. The summed E-state index contributed by atoms with van der Waals surface area (Å²) >= 11 is 0. The van der Waals surface area contributed by atoms with Gasteiger partial charge in [0, 0.05) is 22.0 Å². The van der Waals surface area contributed by atoms with E-state index >= 15 is 0 Å². The van der Waals surface area contributed by atoms with Gasteiger partial charge >= 0.3 is 0 Å². The molecule has 0 amide bonds. The van der Waals surface area contributed by atoms with E-state index in [1.807, 2.05) is 0 Å². The van der Waals surface area contributed by atoms with E-state index in [4.69, 9.17) is 0 Å². The molecule has 0 unspecified atom stereocenters. The Morgan fingerprint density at radius 3 is 1.38 bits per heavy atom. The van der Waals surface area contributed by atoms with E-state index < -0.39 is 8.07 Å². The minimum Gasteiger partial charge on any atom is -0.309 e. The number of benzene rings is 11. The summed E-state index contributed by atoms with van der Waals surface area (Å²) in [4.78, 5) is 0. The first-order valence-electron chi connectivity index (χ1n) is 22.0. The summed E-state index contributed by atoms with van der Waals surface area (Å²) in [5, 5.41) is 13.4. The Morgan fingerprint density at radius 1 is 0.312 bits per heavy atom. The lowest BCUT2D eigenvalue weighted by Gasteiger charge is -2.28. The number of fused-ring (bicyclic) bond motifs is 6. The van der Waals surface area contributed by atoms with Crippen LogP contribution < -0.4 is 15.6 Å². The number of para-hydroxylation sites is 2. The zero-order valence-corrected chi connectivity index (χ0v) is 36.1. The van der Waals surface area contributed by atoms with Gasteiger partial charge in [-0.15, -0.1) is 5.54 Å². The summed E-state index contributed by atoms with van der Waals surface area (Å²) in [6.45, 7) is 0. The van der Waals surface area contributed by atoms with Gasteiger partial charge < -0.3 is 4.57 Å². The Kier molecular flexibility index (Phi) is 9.15. The Morgan fingerprint density at radius 2 is 0.766 bits per heavy atom. The van der Waals surface area contributed by atoms with Crippen molar-refractivity contribution in [2.75, 3.05) is 0 Å². The molecule has 1 aromatic heterocycles. The molecule has 11 aromatic carbocycles. The number of hydrogen-bond acceptors (Lipinski definition) is 0. The van der Waals surface area contributed by atoms with Gasteiger partial charge in [0.05, 0.1) is 11.0 Å². The average Bonchev–Trinajstić information content (AvgIpc) is 3.71. The molecule has 12 rings (SSSR count). The fraction of sp³-hybridized carbons (Fsp3) is 0. The van der Waals surface area contributed by atoms with Crippen molar-refractivity contribution < 1.29 is 0 Å². The van der Waals surface area contributed by atoms with Gasteiger partial charge in [-0.1, -0.05) is 230 Å². The molecule has 0 N–H and O–H groups in total. The Hall–Kier alpha value is -8.22. The van der Waals surface area contributed by atoms with Crippen LogP contribution in [0.3, 0.4) is 0 Å². The third-order valence-electron chi connectivity index (χ3n) is 13.1. The van der Waals surface area contributed by atoms with Crippen LogP contribution in [0.25, 0.3) is 82.1 Å². The second kappa shape index (κ2) is 15.6. The molecule has 0 radical (unpaired) electrons. The molecular weight excluding hydrogens is 787 g/mol. The molecule has 0 aliphatic rings. The van der Waals surface area contributed by atoms with E-state index in [2.05, 4.69) is 265 Å². The van der Waals surface area contributed by atoms with Gasteiger partial charge in [-0.3, -0.25) is 0 Å². The Labute approximate surface area is 374 Å². The highest BCUT2D eigenvalue weighted by atomic mass is 28.3. The molecule has 0 saturated heterocycles. The van der Waals surface area contributed by atoms with Crippen molar-refractivity contribution in [2.24, 2.45) is 0 Å². The van der Waals surface area contributed by atoms with Crippen LogP contribution in [0.5, 0.6) is 0 Å². The second-order valence-electron chi connectivity index (χ2n) is 16.6. The molecular formula is C62H41NSi. The molecule has 2 heteroatoms. The quantitative estimate of drug-likeness (QED) is 0.0681. The second-order valence-corrected chi connectivity index (χ2v) is 20.0. The zero-order chi connectivity index (χ0) is 42.5. The molecule has 298 valence electrons. The third kappa shape index (κ3) is 6.02. The summed E-state index contributed by atoms with van der Waals surface area (Å²) in [6.07, 6.45) is 0. The molecule has 0 aliphatic carbocycles. The lowest BCUT2D eigenvalue weighted by molar-refractivity contribution is 1.18. The Bertz CT molecular complexity index is 3670. The number of nitrogens with zero attached hydrogens (tertiary/aromatic N) is 1.